The summed E-state index contributed by atoms with van der Waals surface area (Å²) in [6, 6.07) is 12.0. The molecule has 0 saturated carbocycles. The van der Waals surface area contributed by atoms with E-state index >= 15 is 0 Å². The molecule has 1 aromatic heterocycles. The molecule has 1 aliphatic carbocycles. The zero-order chi connectivity index (χ0) is 20.5. The molecular formula is C21H22Cl3N5. The number of aromatic nitrogens is 1. The van der Waals surface area contributed by atoms with Crippen molar-refractivity contribution in [2.24, 2.45) is 16.5 Å². The van der Waals surface area contributed by atoms with Gasteiger partial charge in [0.15, 0.2) is 5.96 Å². The number of guanidine groups is 1. The number of aliphatic imine (C=N–C) groups is 1. The first kappa shape index (κ1) is 20.2. The van der Waals surface area contributed by atoms with E-state index in [1.807, 2.05) is 30.3 Å². The van der Waals surface area contributed by atoms with E-state index in [4.69, 9.17) is 46.3 Å². The normalized spacial score (nSPS) is 15.9. The van der Waals surface area contributed by atoms with Crippen molar-refractivity contribution < 1.29 is 0 Å². The van der Waals surface area contributed by atoms with Crippen molar-refractivity contribution in [1.29, 1.82) is 0 Å². The van der Waals surface area contributed by atoms with Crippen LogP contribution in [0.25, 0.3) is 10.9 Å². The number of fused-ring (bicyclic) bond motifs is 3. The maximum atomic E-state index is 6.31. The molecule has 0 saturated heterocycles. The SMILES string of the molecule is NC(N)=NCCn1c2c(c3cc(Cl)ccc31)CC(Nc1ccc(Cl)c(Cl)c1)CC2. The molecule has 3 aromatic rings. The van der Waals surface area contributed by atoms with Crippen molar-refractivity contribution in [1.82, 2.24) is 4.57 Å². The molecule has 5 nitrogen and oxygen atoms in total. The van der Waals surface area contributed by atoms with Gasteiger partial charge in [0.05, 0.1) is 16.6 Å². The zero-order valence-electron chi connectivity index (χ0n) is 15.8. The molecule has 0 amide bonds. The van der Waals surface area contributed by atoms with Gasteiger partial charge in [-0.25, -0.2) is 0 Å². The van der Waals surface area contributed by atoms with Crippen LogP contribution in [0.4, 0.5) is 5.69 Å². The largest absolute Gasteiger partial charge is 0.382 e. The van der Waals surface area contributed by atoms with Crippen LogP contribution >= 0.6 is 34.8 Å². The minimum absolute atomic E-state index is 0.115. The molecule has 0 radical (unpaired) electrons. The number of anilines is 1. The van der Waals surface area contributed by atoms with Crippen LogP contribution < -0.4 is 16.8 Å². The Morgan fingerprint density at radius 1 is 1.10 bits per heavy atom. The second kappa shape index (κ2) is 8.34. The van der Waals surface area contributed by atoms with Crippen LogP contribution in [0.3, 0.4) is 0 Å². The van der Waals surface area contributed by atoms with Gasteiger partial charge in [-0.2, -0.15) is 0 Å². The van der Waals surface area contributed by atoms with E-state index in [9.17, 15) is 0 Å². The molecule has 0 aliphatic heterocycles. The van der Waals surface area contributed by atoms with E-state index in [1.165, 1.54) is 22.2 Å². The standard InChI is InChI=1S/C21H22Cl3N5/c22-12-1-5-19-15(9-12)16-10-13(28-14-2-4-17(23)18(24)11-14)3-6-20(16)29(19)8-7-27-21(25)26/h1-2,4-5,9,11,13,28H,3,6-8,10H2,(H4,25,26,27). The maximum absolute atomic E-state index is 6.31. The molecule has 1 aliphatic rings. The molecule has 1 atom stereocenters. The van der Waals surface area contributed by atoms with E-state index < -0.39 is 0 Å². The molecule has 0 bridgehead atoms. The Labute approximate surface area is 184 Å². The summed E-state index contributed by atoms with van der Waals surface area (Å²) < 4.78 is 2.32. The molecule has 1 unspecified atom stereocenters. The fourth-order valence-electron chi connectivity index (χ4n) is 4.10. The highest BCUT2D eigenvalue weighted by Gasteiger charge is 2.25. The van der Waals surface area contributed by atoms with Gasteiger partial charge in [0, 0.05) is 39.9 Å². The molecule has 152 valence electrons. The number of nitrogens with one attached hydrogen (secondary N) is 1. The average molecular weight is 451 g/mol. The maximum Gasteiger partial charge on any atom is 0.185 e. The summed E-state index contributed by atoms with van der Waals surface area (Å²) in [6.07, 6.45) is 2.88. The Kier molecular flexibility index (Phi) is 5.81. The molecule has 29 heavy (non-hydrogen) atoms. The van der Waals surface area contributed by atoms with E-state index in [2.05, 4.69) is 20.9 Å². The number of benzene rings is 2. The van der Waals surface area contributed by atoms with Gasteiger partial charge in [-0.3, -0.25) is 4.99 Å². The molecule has 0 spiro atoms. The highest BCUT2D eigenvalue weighted by molar-refractivity contribution is 6.42. The summed E-state index contributed by atoms with van der Waals surface area (Å²) >= 11 is 18.5. The lowest BCUT2D eigenvalue weighted by molar-refractivity contribution is 0.574. The fraction of sp³-hybridized carbons (Fsp3) is 0.286. The highest BCUT2D eigenvalue weighted by Crippen LogP contribution is 2.35. The molecule has 8 heteroatoms. The van der Waals surface area contributed by atoms with Gasteiger partial charge in [0.25, 0.3) is 0 Å². The van der Waals surface area contributed by atoms with E-state index in [-0.39, 0.29) is 5.96 Å². The Morgan fingerprint density at radius 2 is 1.93 bits per heavy atom. The predicted molar refractivity (Wildman–Crippen MR) is 124 cm³/mol. The summed E-state index contributed by atoms with van der Waals surface area (Å²) in [7, 11) is 0. The minimum Gasteiger partial charge on any atom is -0.382 e. The summed E-state index contributed by atoms with van der Waals surface area (Å²) in [5, 5.41) is 6.64. The molecule has 0 fully saturated rings. The second-order valence-corrected chi connectivity index (χ2v) is 8.51. The fourth-order valence-corrected chi connectivity index (χ4v) is 4.57. The van der Waals surface area contributed by atoms with E-state index in [0.717, 1.165) is 36.5 Å². The average Bonchev–Trinajstić information content (AvgIpc) is 2.97. The van der Waals surface area contributed by atoms with Crippen molar-refractivity contribution in [2.45, 2.75) is 31.8 Å². The monoisotopic (exact) mass is 449 g/mol. The van der Waals surface area contributed by atoms with Crippen LogP contribution in [0.15, 0.2) is 41.4 Å². The first-order valence-corrected chi connectivity index (χ1v) is 10.6. The molecule has 1 heterocycles. The van der Waals surface area contributed by atoms with Gasteiger partial charge < -0.3 is 21.4 Å². The molecule has 2 aromatic carbocycles. The van der Waals surface area contributed by atoms with Gasteiger partial charge in [-0.15, -0.1) is 0 Å². The van der Waals surface area contributed by atoms with Gasteiger partial charge in [-0.05, 0) is 61.2 Å². The van der Waals surface area contributed by atoms with E-state index in [1.54, 1.807) is 0 Å². The lowest BCUT2D eigenvalue weighted by Gasteiger charge is -2.26. The Bertz CT molecular complexity index is 1090. The minimum atomic E-state index is 0.115. The lowest BCUT2D eigenvalue weighted by atomic mass is 9.91. The Morgan fingerprint density at radius 3 is 2.69 bits per heavy atom. The molecule has 4 rings (SSSR count). The summed E-state index contributed by atoms with van der Waals surface area (Å²) in [5.74, 6) is 0.115. The third kappa shape index (κ3) is 4.27. The van der Waals surface area contributed by atoms with Crippen LogP contribution in [0.2, 0.25) is 15.1 Å². The zero-order valence-corrected chi connectivity index (χ0v) is 18.0. The number of nitrogens with two attached hydrogens (primary N) is 2. The van der Waals surface area contributed by atoms with E-state index in [0.29, 0.717) is 22.6 Å². The van der Waals surface area contributed by atoms with Crippen molar-refractivity contribution in [3.8, 4) is 0 Å². The van der Waals surface area contributed by atoms with Gasteiger partial charge in [-0.1, -0.05) is 34.8 Å². The molecular weight excluding hydrogens is 429 g/mol. The van der Waals surface area contributed by atoms with Crippen LogP contribution in [0, 0.1) is 0 Å². The lowest BCUT2D eigenvalue weighted by Crippen LogP contribution is -2.28. The van der Waals surface area contributed by atoms with Crippen molar-refractivity contribution in [2.75, 3.05) is 11.9 Å². The summed E-state index contributed by atoms with van der Waals surface area (Å²) in [5.41, 5.74) is 15.8. The third-order valence-corrected chi connectivity index (χ3v) is 6.31. The summed E-state index contributed by atoms with van der Waals surface area (Å²) in [4.78, 5) is 4.15. The smallest absolute Gasteiger partial charge is 0.185 e. The summed E-state index contributed by atoms with van der Waals surface area (Å²) in [6.45, 7) is 1.28. The first-order valence-electron chi connectivity index (χ1n) is 9.49. The van der Waals surface area contributed by atoms with Gasteiger partial charge >= 0.3 is 0 Å². The van der Waals surface area contributed by atoms with Crippen LogP contribution in [-0.4, -0.2) is 23.1 Å². The molecule has 5 N–H and O–H groups in total. The van der Waals surface area contributed by atoms with Crippen LogP contribution in [0.1, 0.15) is 17.7 Å². The number of hydrogen-bond donors (Lipinski definition) is 3. The highest BCUT2D eigenvalue weighted by atomic mass is 35.5. The number of halogens is 3. The Hall–Kier alpha value is -2.08. The van der Waals surface area contributed by atoms with Crippen LogP contribution in [0.5, 0.6) is 0 Å². The first-order chi connectivity index (χ1) is 13.9. The van der Waals surface area contributed by atoms with Crippen molar-refractivity contribution >= 4 is 57.4 Å². The van der Waals surface area contributed by atoms with Gasteiger partial charge in [0.1, 0.15) is 0 Å². The second-order valence-electron chi connectivity index (χ2n) is 7.26. The van der Waals surface area contributed by atoms with Crippen molar-refractivity contribution in [3.05, 3.63) is 62.7 Å². The predicted octanol–water partition coefficient (Wildman–Crippen LogP) is 4.84. The van der Waals surface area contributed by atoms with Gasteiger partial charge in [0.2, 0.25) is 0 Å². The number of rotatable bonds is 5. The van der Waals surface area contributed by atoms with Crippen LogP contribution in [-0.2, 0) is 19.4 Å². The third-order valence-electron chi connectivity index (χ3n) is 5.34. The quantitative estimate of drug-likeness (QED) is 0.384. The topological polar surface area (TPSA) is 81.4 Å². The Balaban J connectivity index is 1.64. The van der Waals surface area contributed by atoms with Crippen molar-refractivity contribution in [3.63, 3.8) is 0 Å². The number of nitrogens with zero attached hydrogens (tertiary/aromatic N) is 2. The number of hydrogen-bond acceptors (Lipinski definition) is 2.